The molecule has 2 unspecified atom stereocenters. The molecule has 0 bridgehead atoms. The first-order chi connectivity index (χ1) is 13.9. The van der Waals surface area contributed by atoms with Gasteiger partial charge in [-0.3, -0.25) is 0 Å². The normalized spacial score (nSPS) is 13.7. The predicted molar refractivity (Wildman–Crippen MR) is 123 cm³/mol. The summed E-state index contributed by atoms with van der Waals surface area (Å²) in [5, 5.41) is 9.27. The van der Waals surface area contributed by atoms with Gasteiger partial charge in [-0.15, -0.1) is 0 Å². The fourth-order valence-electron chi connectivity index (χ4n) is 3.85. The largest absolute Gasteiger partial charge is 1.00 e. The molecule has 0 aromatic heterocycles. The van der Waals surface area contributed by atoms with Gasteiger partial charge in [-0.2, -0.15) is 0 Å². The minimum atomic E-state index is -4.09. The molecule has 0 rings (SSSR count). The summed E-state index contributed by atoms with van der Waals surface area (Å²) in [6, 6.07) is 0. The smallest absolute Gasteiger partial charge is 0.748 e. The Morgan fingerprint density at radius 2 is 0.933 bits per heavy atom. The van der Waals surface area contributed by atoms with Crippen LogP contribution in [0.15, 0.2) is 0 Å². The van der Waals surface area contributed by atoms with Crippen LogP contribution in [-0.4, -0.2) is 29.4 Å². The van der Waals surface area contributed by atoms with E-state index in [2.05, 4.69) is 6.92 Å². The van der Waals surface area contributed by atoms with E-state index in [0.717, 1.165) is 32.1 Å². The maximum Gasteiger partial charge on any atom is 1.00 e. The third-order valence-electron chi connectivity index (χ3n) is 6.03. The minimum absolute atomic E-state index is 0. The van der Waals surface area contributed by atoms with Crippen molar-refractivity contribution in [1.29, 1.82) is 0 Å². The Hall–Kier alpha value is 1.51. The van der Waals surface area contributed by atoms with E-state index in [0.29, 0.717) is 6.42 Å². The molecule has 0 aromatic carbocycles. The summed E-state index contributed by atoms with van der Waals surface area (Å²) in [6.45, 7) is 3.75. The minimum Gasteiger partial charge on any atom is -0.748 e. The second kappa shape index (κ2) is 23.7. The Labute approximate surface area is 230 Å². The van der Waals surface area contributed by atoms with E-state index in [9.17, 15) is 18.1 Å². The number of unbranched alkanes of at least 4 members (excludes halogenated alkanes) is 15. The van der Waals surface area contributed by atoms with Crippen LogP contribution in [0.3, 0.4) is 0 Å². The summed E-state index contributed by atoms with van der Waals surface area (Å²) >= 11 is 0. The van der Waals surface area contributed by atoms with E-state index in [4.69, 9.17) is 0 Å². The zero-order chi connectivity index (χ0) is 21.8. The van der Waals surface area contributed by atoms with E-state index in [1.165, 1.54) is 96.8 Å². The molecule has 0 heterocycles. The zero-order valence-corrected chi connectivity index (χ0v) is 24.3. The fraction of sp³-hybridized carbons (Fsp3) is 1.00. The predicted octanol–water partition coefficient (Wildman–Crippen LogP) is 4.11. The third kappa shape index (κ3) is 24.2. The van der Waals surface area contributed by atoms with Crippen LogP contribution in [0.25, 0.3) is 0 Å². The molecule has 0 aliphatic carbocycles. The van der Waals surface area contributed by atoms with Crippen molar-refractivity contribution in [2.24, 2.45) is 0 Å². The summed E-state index contributed by atoms with van der Waals surface area (Å²) in [4.78, 5) is 0. The van der Waals surface area contributed by atoms with Gasteiger partial charge >= 0.3 is 51.4 Å². The van der Waals surface area contributed by atoms with Crippen LogP contribution < -0.4 is 51.4 Å². The molecule has 4 nitrogen and oxygen atoms in total. The summed E-state index contributed by atoms with van der Waals surface area (Å²) < 4.78 is 32.4. The van der Waals surface area contributed by atoms with Crippen molar-refractivity contribution in [3.05, 3.63) is 0 Å². The second-order valence-corrected chi connectivity index (χ2v) is 10.8. The SMILES string of the molecule is CCCCCCCC(O)CCCCCCCCCCCCCCC(C)S(=O)(=O)[O-].[K+]. The molecule has 0 aliphatic rings. The molecule has 0 spiro atoms. The van der Waals surface area contributed by atoms with Gasteiger partial charge < -0.3 is 9.66 Å². The van der Waals surface area contributed by atoms with Crippen LogP contribution in [0.2, 0.25) is 0 Å². The van der Waals surface area contributed by atoms with Crippen LogP contribution in [0, 0.1) is 0 Å². The van der Waals surface area contributed by atoms with Gasteiger partial charge in [0.1, 0.15) is 0 Å². The first kappa shape index (κ1) is 33.7. The van der Waals surface area contributed by atoms with Crippen molar-refractivity contribution in [3.63, 3.8) is 0 Å². The first-order valence-corrected chi connectivity index (χ1v) is 14.0. The standard InChI is InChI=1S/C24H50O4S.K/c1-3-4-5-14-18-21-24(25)22-19-16-13-11-9-7-6-8-10-12-15-17-20-23(2)29(26,27)28;/h23-25H,3-22H2,1-2H3,(H,26,27,28);/q;+1/p-1. The summed E-state index contributed by atoms with van der Waals surface area (Å²) in [5.74, 6) is 0. The molecule has 0 amide bonds. The van der Waals surface area contributed by atoms with Gasteiger partial charge in [0.05, 0.1) is 16.2 Å². The maximum absolute atomic E-state index is 10.8. The van der Waals surface area contributed by atoms with Crippen LogP contribution in [0.5, 0.6) is 0 Å². The Kier molecular flexibility index (Phi) is 26.6. The molecule has 0 fully saturated rings. The van der Waals surface area contributed by atoms with Crippen molar-refractivity contribution in [1.82, 2.24) is 0 Å². The van der Waals surface area contributed by atoms with Crippen molar-refractivity contribution in [2.75, 3.05) is 0 Å². The van der Waals surface area contributed by atoms with E-state index < -0.39 is 15.4 Å². The van der Waals surface area contributed by atoms with Gasteiger partial charge in [0.2, 0.25) is 0 Å². The van der Waals surface area contributed by atoms with Gasteiger partial charge in [0.25, 0.3) is 0 Å². The second-order valence-electron chi connectivity index (χ2n) is 8.98. The molecule has 0 aromatic rings. The van der Waals surface area contributed by atoms with Crippen LogP contribution in [0.1, 0.15) is 142 Å². The molecular weight excluding hydrogens is 423 g/mol. The number of hydrogen-bond donors (Lipinski definition) is 1. The Morgan fingerprint density at radius 1 is 0.633 bits per heavy atom. The Bertz CT molecular complexity index is 442. The van der Waals surface area contributed by atoms with Crippen LogP contribution in [-0.2, 0) is 10.1 Å². The summed E-state index contributed by atoms with van der Waals surface area (Å²) in [5.41, 5.74) is 0. The van der Waals surface area contributed by atoms with Crippen molar-refractivity contribution in [2.45, 2.75) is 154 Å². The number of rotatable bonds is 22. The zero-order valence-electron chi connectivity index (χ0n) is 20.4. The van der Waals surface area contributed by atoms with E-state index in [1.54, 1.807) is 0 Å². The Morgan fingerprint density at radius 3 is 1.27 bits per heavy atom. The summed E-state index contributed by atoms with van der Waals surface area (Å²) in [7, 11) is -4.09. The van der Waals surface area contributed by atoms with Crippen molar-refractivity contribution >= 4 is 10.1 Å². The average Bonchev–Trinajstić information content (AvgIpc) is 2.67. The van der Waals surface area contributed by atoms with Gasteiger partial charge in [0.15, 0.2) is 0 Å². The van der Waals surface area contributed by atoms with Crippen LogP contribution >= 0.6 is 0 Å². The molecule has 6 heteroatoms. The fourth-order valence-corrected chi connectivity index (χ4v) is 4.31. The first-order valence-electron chi connectivity index (χ1n) is 12.5. The average molecular weight is 473 g/mol. The quantitative estimate of drug-likeness (QED) is 0.146. The number of hydrogen-bond acceptors (Lipinski definition) is 4. The molecule has 0 radical (unpaired) electrons. The van der Waals surface area contributed by atoms with E-state index in [1.807, 2.05) is 0 Å². The Balaban J connectivity index is 0. The molecule has 30 heavy (non-hydrogen) atoms. The molecule has 0 saturated carbocycles. The number of aliphatic hydroxyl groups is 1. The molecule has 176 valence electrons. The van der Waals surface area contributed by atoms with Crippen LogP contribution in [0.4, 0.5) is 0 Å². The molecule has 0 saturated heterocycles. The van der Waals surface area contributed by atoms with E-state index >= 15 is 0 Å². The van der Waals surface area contributed by atoms with Gasteiger partial charge in [-0.05, 0) is 26.2 Å². The van der Waals surface area contributed by atoms with Gasteiger partial charge in [-0.25, -0.2) is 8.42 Å². The van der Waals surface area contributed by atoms with E-state index in [-0.39, 0.29) is 57.5 Å². The van der Waals surface area contributed by atoms with Gasteiger partial charge in [-0.1, -0.05) is 116 Å². The molecule has 2 atom stereocenters. The third-order valence-corrected chi connectivity index (χ3v) is 7.25. The summed E-state index contributed by atoms with van der Waals surface area (Å²) in [6.07, 6.45) is 23.2. The van der Waals surface area contributed by atoms with Gasteiger partial charge in [0, 0.05) is 5.25 Å². The van der Waals surface area contributed by atoms with Crippen molar-refractivity contribution < 1.29 is 69.5 Å². The molecule has 0 aliphatic heterocycles. The molecular formula is C24H49KO4S. The number of aliphatic hydroxyl groups excluding tert-OH is 1. The molecule has 1 N–H and O–H groups in total. The maximum atomic E-state index is 10.8. The van der Waals surface area contributed by atoms with Crippen molar-refractivity contribution in [3.8, 4) is 0 Å². The topological polar surface area (TPSA) is 77.4 Å². The monoisotopic (exact) mass is 472 g/mol.